The summed E-state index contributed by atoms with van der Waals surface area (Å²) in [6.07, 6.45) is 0.558. The van der Waals surface area contributed by atoms with Crippen molar-refractivity contribution in [2.75, 3.05) is 163 Å². The van der Waals surface area contributed by atoms with Gasteiger partial charge >= 0.3 is 0 Å². The first kappa shape index (κ1) is 60.6. The molecule has 0 unspecified atom stereocenters. The highest BCUT2D eigenvalue weighted by Gasteiger charge is 2.33. The minimum absolute atomic E-state index is 0.131. The van der Waals surface area contributed by atoms with Crippen LogP contribution in [0.5, 0.6) is 11.5 Å². The van der Waals surface area contributed by atoms with Crippen LogP contribution in [0.25, 0.3) is 10.8 Å². The molecule has 30 nitrogen and oxygen atoms in total. The zero-order valence-corrected chi connectivity index (χ0v) is 39.4. The van der Waals surface area contributed by atoms with Crippen LogP contribution in [0.2, 0.25) is 0 Å². The van der Waals surface area contributed by atoms with Crippen molar-refractivity contribution in [3.63, 3.8) is 0 Å². The molecule has 0 aromatic heterocycles. The Bertz CT molecular complexity index is 1670. The first-order valence-electron chi connectivity index (χ1n) is 21.5. The summed E-state index contributed by atoms with van der Waals surface area (Å²) in [5, 5.41) is 54.7. The summed E-state index contributed by atoms with van der Waals surface area (Å²) in [6, 6.07) is 3.52. The van der Waals surface area contributed by atoms with Crippen LogP contribution in [0.3, 0.4) is 0 Å². The monoisotopic (exact) mass is 1050 g/mol. The highest BCUT2D eigenvalue weighted by molar-refractivity contribution is 5.95. The fraction of sp³-hybridized carbons (Fsp3) is 0.667. The molecule has 0 bridgehead atoms. The summed E-state index contributed by atoms with van der Waals surface area (Å²) in [7, 11) is 0. The third-order valence-electron chi connectivity index (χ3n) is 9.21. The van der Waals surface area contributed by atoms with Gasteiger partial charge in [0.25, 0.3) is 0 Å². The average molecular weight is 1050 g/mol. The van der Waals surface area contributed by atoms with E-state index in [0.717, 1.165) is 22.3 Å². The summed E-state index contributed by atoms with van der Waals surface area (Å²) in [4.78, 5) is 0. The number of benzene rings is 2. The van der Waals surface area contributed by atoms with Crippen LogP contribution in [-0.2, 0) is 130 Å². The van der Waals surface area contributed by atoms with E-state index in [4.69, 9.17) is 144 Å². The van der Waals surface area contributed by atoms with Gasteiger partial charge in [-0.05, 0) is 45.2 Å². The van der Waals surface area contributed by atoms with Gasteiger partial charge in [-0.1, -0.05) is 0 Å². The lowest BCUT2D eigenvalue weighted by Crippen LogP contribution is -2.23. The Kier molecular flexibility index (Phi) is 33.2. The standard InChI is InChI=1S/C42H64O30/c43-7-49-13-55-19-61-25-67-37-1-31-32(2-38(37)68-26-62-20-56-14-50-8-44)34-4-41(71-29-65-23-59-17-53-11-47)42(72-30-66-24-60-18-54-12-48)6-36(34)35-5-40(70-28-64-22-58-16-52-10-46)39(3-33(31)35)69-27-63-21-57-15-51-9-45/h1-2,43-48H,3-30H2. The van der Waals surface area contributed by atoms with E-state index in [9.17, 15) is 0 Å². The van der Waals surface area contributed by atoms with E-state index >= 15 is 0 Å². The molecule has 4 rings (SSSR count). The number of aliphatic hydroxyl groups is 6. The second kappa shape index (κ2) is 39.5. The van der Waals surface area contributed by atoms with E-state index in [0.29, 0.717) is 33.8 Å². The molecule has 72 heavy (non-hydrogen) atoms. The number of allylic oxidation sites excluding steroid dienone is 4. The van der Waals surface area contributed by atoms with Crippen molar-refractivity contribution in [1.29, 1.82) is 0 Å². The summed E-state index contributed by atoms with van der Waals surface area (Å²) < 4.78 is 130. The molecular formula is C42H64O30. The van der Waals surface area contributed by atoms with Gasteiger partial charge in [0.2, 0.25) is 0 Å². The van der Waals surface area contributed by atoms with Crippen molar-refractivity contribution in [2.45, 2.75) is 25.7 Å². The van der Waals surface area contributed by atoms with E-state index < -0.39 is 40.8 Å². The molecule has 6 N–H and O–H groups in total. The topological polar surface area (TPSA) is 343 Å². The lowest BCUT2D eigenvalue weighted by atomic mass is 9.78. The number of aliphatic hydroxyl groups excluding tert-OH is 6. The molecule has 0 spiro atoms. The van der Waals surface area contributed by atoms with Gasteiger partial charge in [-0.2, -0.15) is 0 Å². The van der Waals surface area contributed by atoms with E-state index in [2.05, 4.69) is 0 Å². The normalized spacial score (nSPS) is 13.5. The van der Waals surface area contributed by atoms with Gasteiger partial charge in [-0.25, -0.2) is 0 Å². The molecule has 30 heteroatoms. The molecule has 2 aliphatic rings. The minimum atomic E-state index is -0.540. The molecule has 2 aliphatic carbocycles. The number of ether oxygens (including phenoxy) is 24. The number of hydrogen-bond donors (Lipinski definition) is 6. The van der Waals surface area contributed by atoms with Crippen molar-refractivity contribution in [2.24, 2.45) is 0 Å². The molecule has 0 amide bonds. The quantitative estimate of drug-likeness (QED) is 0.0360. The molecule has 0 saturated carbocycles. The third-order valence-corrected chi connectivity index (χ3v) is 9.21. The molecule has 0 radical (unpaired) electrons. The molecule has 2 aromatic rings. The summed E-state index contributed by atoms with van der Waals surface area (Å²) in [5.74, 6) is 1.92. The molecular weight excluding hydrogens is 984 g/mol. The van der Waals surface area contributed by atoms with Crippen LogP contribution in [0.1, 0.15) is 22.3 Å². The van der Waals surface area contributed by atoms with Gasteiger partial charge in [-0.15, -0.1) is 0 Å². The molecule has 0 saturated heterocycles. The Hall–Kier alpha value is -3.98. The van der Waals surface area contributed by atoms with Crippen LogP contribution in [-0.4, -0.2) is 194 Å². The molecule has 0 aliphatic heterocycles. The number of rotatable bonds is 48. The maximum Gasteiger partial charge on any atom is 0.191 e. The Morgan fingerprint density at radius 3 is 0.667 bits per heavy atom. The van der Waals surface area contributed by atoms with Crippen molar-refractivity contribution < 1.29 is 144 Å². The third kappa shape index (κ3) is 23.1. The van der Waals surface area contributed by atoms with Crippen LogP contribution in [0.4, 0.5) is 0 Å². The molecule has 412 valence electrons. The Morgan fingerprint density at radius 2 is 0.431 bits per heavy atom. The van der Waals surface area contributed by atoms with Crippen LogP contribution >= 0.6 is 0 Å². The highest BCUT2D eigenvalue weighted by Crippen LogP contribution is 2.45. The first-order valence-corrected chi connectivity index (χ1v) is 21.5. The highest BCUT2D eigenvalue weighted by atomic mass is 16.8. The fourth-order valence-electron chi connectivity index (χ4n) is 6.37. The lowest BCUT2D eigenvalue weighted by Gasteiger charge is -2.32. The maximum atomic E-state index is 8.89. The zero-order chi connectivity index (χ0) is 51.1. The van der Waals surface area contributed by atoms with Crippen molar-refractivity contribution in [1.82, 2.24) is 0 Å². The van der Waals surface area contributed by atoms with Crippen molar-refractivity contribution in [3.05, 3.63) is 57.4 Å². The smallest absolute Gasteiger partial charge is 0.191 e. The lowest BCUT2D eigenvalue weighted by molar-refractivity contribution is -0.184. The zero-order valence-electron chi connectivity index (χ0n) is 39.4. The van der Waals surface area contributed by atoms with E-state index in [1.54, 1.807) is 12.1 Å². The number of fused-ring (bicyclic) bond motifs is 6. The second-order valence-electron chi connectivity index (χ2n) is 13.6. The van der Waals surface area contributed by atoms with Gasteiger partial charge in [-0.3, -0.25) is 0 Å². The summed E-state index contributed by atoms with van der Waals surface area (Å²) in [6.45, 7) is -7.74. The van der Waals surface area contributed by atoms with Crippen molar-refractivity contribution >= 4 is 10.8 Å². The van der Waals surface area contributed by atoms with Gasteiger partial charge in [0, 0.05) is 25.7 Å². The van der Waals surface area contributed by atoms with Crippen LogP contribution in [0, 0.1) is 0 Å². The molecule has 0 atom stereocenters. The second-order valence-corrected chi connectivity index (χ2v) is 13.6. The predicted octanol–water partition coefficient (Wildman–Crippen LogP) is -0.483. The largest absolute Gasteiger partial charge is 0.468 e. The maximum absolute atomic E-state index is 8.89. The Labute approximate surface area is 412 Å². The van der Waals surface area contributed by atoms with Gasteiger partial charge in [0.15, 0.2) is 134 Å². The summed E-state index contributed by atoms with van der Waals surface area (Å²) in [5.41, 5.74) is 3.19. The van der Waals surface area contributed by atoms with Crippen LogP contribution < -0.4 is 9.47 Å². The van der Waals surface area contributed by atoms with Gasteiger partial charge in [0.05, 0.1) is 0 Å². The minimum Gasteiger partial charge on any atom is -0.468 e. The molecule has 0 fully saturated rings. The van der Waals surface area contributed by atoms with Gasteiger partial charge < -0.3 is 144 Å². The Morgan fingerprint density at radius 1 is 0.236 bits per heavy atom. The average Bonchev–Trinajstić information content (AvgIpc) is 3.39. The van der Waals surface area contributed by atoms with Gasteiger partial charge in [0.1, 0.15) is 63.8 Å². The molecule has 0 heterocycles. The Balaban J connectivity index is 1.77. The van der Waals surface area contributed by atoms with Crippen molar-refractivity contribution in [3.8, 4) is 11.5 Å². The fourth-order valence-corrected chi connectivity index (χ4v) is 6.37. The SMILES string of the molecule is OCOCOCOCOC1=C(OCOCOCOCO)Cc2c(c3c(c4cc(OCOCOCOCO)c(OCOCOCOCO)cc24)CC(OCOCOCOCO)=C(OCOCOCOCO)C3)C1. The van der Waals surface area contributed by atoms with E-state index in [1.807, 2.05) is 0 Å². The first-order chi connectivity index (χ1) is 35.6. The summed E-state index contributed by atoms with van der Waals surface area (Å²) >= 11 is 0. The molecule has 2 aromatic carbocycles. The van der Waals surface area contributed by atoms with E-state index in [1.165, 1.54) is 0 Å². The predicted molar refractivity (Wildman–Crippen MR) is 228 cm³/mol. The van der Waals surface area contributed by atoms with Crippen LogP contribution in [0.15, 0.2) is 35.2 Å². The number of hydrogen-bond acceptors (Lipinski definition) is 30. The van der Waals surface area contributed by atoms with E-state index in [-0.39, 0.29) is 159 Å².